The summed E-state index contributed by atoms with van der Waals surface area (Å²) in [6, 6.07) is 10.8. The maximum Gasteiger partial charge on any atom is 0.107 e. The molecule has 1 aliphatic rings. The Morgan fingerprint density at radius 1 is 1.12 bits per heavy atom. The molecule has 16 heavy (non-hydrogen) atoms. The van der Waals surface area contributed by atoms with E-state index in [1.165, 1.54) is 24.2 Å². The first-order valence-electron chi connectivity index (χ1n) is 5.60. The van der Waals surface area contributed by atoms with Crippen molar-refractivity contribution in [1.29, 1.82) is 5.26 Å². The van der Waals surface area contributed by atoms with E-state index in [0.717, 1.165) is 17.3 Å². The first-order chi connectivity index (χ1) is 7.74. The number of hydrogen-bond acceptors (Lipinski definition) is 2. The van der Waals surface area contributed by atoms with Crippen LogP contribution in [0, 0.1) is 11.3 Å². The molecule has 0 spiro atoms. The van der Waals surface area contributed by atoms with Gasteiger partial charge in [0.2, 0.25) is 0 Å². The molecule has 0 radical (unpaired) electrons. The third-order valence-corrected chi connectivity index (χ3v) is 4.92. The molecule has 0 saturated heterocycles. The number of nitrogens with zero attached hydrogens (tertiary/aromatic N) is 1. The standard InChI is InChI=1S/C13H14BrNS/c14-11-4-6-12(7-5-11)16-13(10-15)8-2-1-3-9-13/h4-7H,1-3,8-9H2. The fourth-order valence-electron chi connectivity index (χ4n) is 2.09. The summed E-state index contributed by atoms with van der Waals surface area (Å²) in [5, 5.41) is 9.38. The fraction of sp³-hybridized carbons (Fsp3) is 0.462. The van der Waals surface area contributed by atoms with Crippen LogP contribution >= 0.6 is 27.7 Å². The van der Waals surface area contributed by atoms with Crippen molar-refractivity contribution in [3.63, 3.8) is 0 Å². The molecule has 3 heteroatoms. The molecule has 0 atom stereocenters. The van der Waals surface area contributed by atoms with Crippen molar-refractivity contribution in [3.05, 3.63) is 28.7 Å². The van der Waals surface area contributed by atoms with E-state index in [1.807, 2.05) is 12.1 Å². The van der Waals surface area contributed by atoms with E-state index in [4.69, 9.17) is 0 Å². The quantitative estimate of drug-likeness (QED) is 0.785. The molecule has 1 saturated carbocycles. The zero-order valence-electron chi connectivity index (χ0n) is 9.08. The third-order valence-electron chi connectivity index (χ3n) is 2.99. The van der Waals surface area contributed by atoms with Gasteiger partial charge in [-0.25, -0.2) is 0 Å². The number of hydrogen-bond donors (Lipinski definition) is 0. The molecule has 0 aliphatic heterocycles. The van der Waals surface area contributed by atoms with Gasteiger partial charge in [0.15, 0.2) is 0 Å². The molecule has 1 aromatic rings. The van der Waals surface area contributed by atoms with Gasteiger partial charge in [-0.15, -0.1) is 11.8 Å². The summed E-state index contributed by atoms with van der Waals surface area (Å²) < 4.78 is 0.915. The Bertz CT molecular complexity index is 387. The summed E-state index contributed by atoms with van der Waals surface area (Å²) in [7, 11) is 0. The second-order valence-electron chi connectivity index (χ2n) is 4.22. The van der Waals surface area contributed by atoms with Gasteiger partial charge < -0.3 is 0 Å². The normalized spacial score (nSPS) is 19.0. The summed E-state index contributed by atoms with van der Waals surface area (Å²) >= 11 is 5.17. The third kappa shape index (κ3) is 2.81. The first-order valence-corrected chi connectivity index (χ1v) is 7.21. The van der Waals surface area contributed by atoms with Crippen LogP contribution in [0.15, 0.2) is 33.6 Å². The van der Waals surface area contributed by atoms with Gasteiger partial charge in [-0.3, -0.25) is 0 Å². The lowest BCUT2D eigenvalue weighted by atomic mass is 9.89. The highest BCUT2D eigenvalue weighted by Gasteiger charge is 2.33. The topological polar surface area (TPSA) is 23.8 Å². The van der Waals surface area contributed by atoms with Crippen LogP contribution < -0.4 is 0 Å². The van der Waals surface area contributed by atoms with Gasteiger partial charge in [0.1, 0.15) is 4.75 Å². The SMILES string of the molecule is N#CC1(Sc2ccc(Br)cc2)CCCCC1. The van der Waals surface area contributed by atoms with E-state index in [2.05, 4.69) is 34.1 Å². The molecule has 1 nitrogen and oxygen atoms in total. The predicted octanol–water partition coefficient (Wildman–Crippen LogP) is 4.77. The molecule has 0 N–H and O–H groups in total. The van der Waals surface area contributed by atoms with Crippen LogP contribution in [0.3, 0.4) is 0 Å². The van der Waals surface area contributed by atoms with Gasteiger partial charge in [0, 0.05) is 9.37 Å². The lowest BCUT2D eigenvalue weighted by molar-refractivity contribution is 0.459. The summed E-state index contributed by atoms with van der Waals surface area (Å²) in [4.78, 5) is 1.20. The van der Waals surface area contributed by atoms with Crippen molar-refractivity contribution >= 4 is 27.7 Å². The molecule has 0 amide bonds. The first kappa shape index (κ1) is 12.0. The lowest BCUT2D eigenvalue weighted by Crippen LogP contribution is -2.25. The van der Waals surface area contributed by atoms with Gasteiger partial charge in [-0.1, -0.05) is 35.2 Å². The number of halogens is 1. The van der Waals surface area contributed by atoms with E-state index < -0.39 is 0 Å². The van der Waals surface area contributed by atoms with Crippen LogP contribution in [0.25, 0.3) is 0 Å². The van der Waals surface area contributed by atoms with Crippen molar-refractivity contribution in [2.24, 2.45) is 0 Å². The Kier molecular flexibility index (Phi) is 3.94. The van der Waals surface area contributed by atoms with E-state index in [1.54, 1.807) is 11.8 Å². The predicted molar refractivity (Wildman–Crippen MR) is 71.4 cm³/mol. The summed E-state index contributed by atoms with van der Waals surface area (Å²) in [5.41, 5.74) is 0. The molecule has 0 heterocycles. The average Bonchev–Trinajstić information content (AvgIpc) is 2.33. The van der Waals surface area contributed by atoms with E-state index in [-0.39, 0.29) is 4.75 Å². The molecule has 0 aromatic heterocycles. The van der Waals surface area contributed by atoms with Crippen LogP contribution in [0.2, 0.25) is 0 Å². The second kappa shape index (κ2) is 5.25. The number of benzene rings is 1. The van der Waals surface area contributed by atoms with Crippen molar-refractivity contribution in [3.8, 4) is 6.07 Å². The summed E-state index contributed by atoms with van der Waals surface area (Å²) in [6.45, 7) is 0. The van der Waals surface area contributed by atoms with Crippen molar-refractivity contribution < 1.29 is 0 Å². The molecule has 0 bridgehead atoms. The van der Waals surface area contributed by atoms with Gasteiger partial charge in [-0.05, 0) is 37.1 Å². The molecule has 84 valence electrons. The minimum Gasteiger partial charge on any atom is -0.197 e. The Balaban J connectivity index is 2.12. The second-order valence-corrected chi connectivity index (χ2v) is 6.60. The largest absolute Gasteiger partial charge is 0.197 e. The highest BCUT2D eigenvalue weighted by atomic mass is 79.9. The summed E-state index contributed by atoms with van der Waals surface area (Å²) in [6.07, 6.45) is 5.73. The zero-order chi connectivity index (χ0) is 11.4. The van der Waals surface area contributed by atoms with Crippen LogP contribution in [0.5, 0.6) is 0 Å². The van der Waals surface area contributed by atoms with E-state index in [0.29, 0.717) is 0 Å². The van der Waals surface area contributed by atoms with Crippen molar-refractivity contribution in [2.45, 2.75) is 41.7 Å². The van der Waals surface area contributed by atoms with Crippen LogP contribution in [-0.4, -0.2) is 4.75 Å². The highest BCUT2D eigenvalue weighted by Crippen LogP contribution is 2.43. The van der Waals surface area contributed by atoms with Gasteiger partial charge >= 0.3 is 0 Å². The van der Waals surface area contributed by atoms with E-state index in [9.17, 15) is 5.26 Å². The molecule has 1 fully saturated rings. The van der Waals surface area contributed by atoms with Crippen molar-refractivity contribution in [1.82, 2.24) is 0 Å². The number of rotatable bonds is 2. The Labute approximate surface area is 109 Å². The highest BCUT2D eigenvalue weighted by molar-refractivity contribution is 9.10. The maximum absolute atomic E-state index is 9.38. The smallest absolute Gasteiger partial charge is 0.107 e. The van der Waals surface area contributed by atoms with Crippen LogP contribution in [-0.2, 0) is 0 Å². The van der Waals surface area contributed by atoms with Crippen molar-refractivity contribution in [2.75, 3.05) is 0 Å². The number of nitriles is 1. The Morgan fingerprint density at radius 2 is 1.75 bits per heavy atom. The van der Waals surface area contributed by atoms with Crippen LogP contribution in [0.4, 0.5) is 0 Å². The Hall–Kier alpha value is -0.460. The van der Waals surface area contributed by atoms with E-state index >= 15 is 0 Å². The zero-order valence-corrected chi connectivity index (χ0v) is 11.5. The lowest BCUT2D eigenvalue weighted by Gasteiger charge is -2.29. The van der Waals surface area contributed by atoms with Gasteiger partial charge in [0.05, 0.1) is 6.07 Å². The number of thioether (sulfide) groups is 1. The molecule has 1 aromatic carbocycles. The molecule has 2 rings (SSSR count). The van der Waals surface area contributed by atoms with Gasteiger partial charge in [0.25, 0.3) is 0 Å². The molecular weight excluding hydrogens is 282 g/mol. The summed E-state index contributed by atoms with van der Waals surface area (Å²) in [5.74, 6) is 0. The van der Waals surface area contributed by atoms with Gasteiger partial charge in [-0.2, -0.15) is 5.26 Å². The fourth-order valence-corrected chi connectivity index (χ4v) is 3.61. The maximum atomic E-state index is 9.38. The molecular formula is C13H14BrNS. The monoisotopic (exact) mass is 295 g/mol. The van der Waals surface area contributed by atoms with Crippen LogP contribution in [0.1, 0.15) is 32.1 Å². The minimum absolute atomic E-state index is 0.175. The molecule has 0 unspecified atom stereocenters. The average molecular weight is 296 g/mol. The minimum atomic E-state index is -0.175. The molecule has 1 aliphatic carbocycles. The Morgan fingerprint density at radius 3 is 2.31 bits per heavy atom.